The number of thioether (sulfide) groups is 1. The molecule has 6 nitrogen and oxygen atoms in total. The van der Waals surface area contributed by atoms with Crippen molar-refractivity contribution in [1.82, 2.24) is 9.80 Å². The van der Waals surface area contributed by atoms with E-state index in [1.165, 1.54) is 17.8 Å². The first-order valence-electron chi connectivity index (χ1n) is 7.26. The molecule has 0 unspecified atom stereocenters. The molecule has 0 atom stereocenters. The fraction of sp³-hybridized carbons (Fsp3) is 0.667. The highest BCUT2D eigenvalue weighted by molar-refractivity contribution is 8.04. The Morgan fingerprint density at radius 2 is 1.86 bits per heavy atom. The van der Waals surface area contributed by atoms with Gasteiger partial charge in [0.1, 0.15) is 12.9 Å². The predicted molar refractivity (Wildman–Crippen MR) is 88.7 cm³/mol. The van der Waals surface area contributed by atoms with Crippen molar-refractivity contribution in [2.75, 3.05) is 46.6 Å². The van der Waals surface area contributed by atoms with Gasteiger partial charge < -0.3 is 14.5 Å². The van der Waals surface area contributed by atoms with Crippen LogP contribution < -0.4 is 0 Å². The summed E-state index contributed by atoms with van der Waals surface area (Å²) in [6.07, 6.45) is 2.89. The first-order chi connectivity index (χ1) is 10.4. The van der Waals surface area contributed by atoms with Crippen molar-refractivity contribution in [2.24, 2.45) is 0 Å². The van der Waals surface area contributed by atoms with E-state index in [-0.39, 0.29) is 18.3 Å². The molecule has 0 radical (unpaired) electrons. The average Bonchev–Trinajstić information content (AvgIpc) is 2.45. The number of nitrogens with zero attached hydrogens (tertiary/aromatic N) is 2. The van der Waals surface area contributed by atoms with E-state index in [1.54, 1.807) is 11.9 Å². The molecule has 0 aromatic heterocycles. The SMILES string of the molecule is CCCN(C)C(=O)/C(=C\C=O)SCCC(=O)OCCN(C)C. The average molecular weight is 330 g/mol. The van der Waals surface area contributed by atoms with Crippen molar-refractivity contribution in [2.45, 2.75) is 19.8 Å². The summed E-state index contributed by atoms with van der Waals surface area (Å²) in [6.45, 7) is 3.63. The molecule has 0 rings (SSSR count). The van der Waals surface area contributed by atoms with E-state index in [0.717, 1.165) is 6.42 Å². The lowest BCUT2D eigenvalue weighted by Gasteiger charge is -2.17. The summed E-state index contributed by atoms with van der Waals surface area (Å²) in [7, 11) is 5.50. The zero-order chi connectivity index (χ0) is 17.0. The van der Waals surface area contributed by atoms with E-state index in [0.29, 0.717) is 36.6 Å². The van der Waals surface area contributed by atoms with Crippen molar-refractivity contribution in [3.63, 3.8) is 0 Å². The topological polar surface area (TPSA) is 66.9 Å². The van der Waals surface area contributed by atoms with Gasteiger partial charge in [-0.25, -0.2) is 0 Å². The van der Waals surface area contributed by atoms with Crippen LogP contribution in [0, 0.1) is 0 Å². The Balaban J connectivity index is 4.21. The van der Waals surface area contributed by atoms with Crippen LogP contribution in [-0.4, -0.2) is 74.6 Å². The molecule has 0 fully saturated rings. The molecule has 0 spiro atoms. The number of carbonyl (C=O) groups excluding carboxylic acids is 3. The van der Waals surface area contributed by atoms with Crippen LogP contribution in [0.1, 0.15) is 19.8 Å². The molecule has 0 saturated carbocycles. The number of ether oxygens (including phenoxy) is 1. The fourth-order valence-corrected chi connectivity index (χ4v) is 2.45. The van der Waals surface area contributed by atoms with Crippen molar-refractivity contribution in [3.05, 3.63) is 11.0 Å². The summed E-state index contributed by atoms with van der Waals surface area (Å²) < 4.78 is 5.06. The Morgan fingerprint density at radius 3 is 2.41 bits per heavy atom. The van der Waals surface area contributed by atoms with Gasteiger partial charge in [-0.3, -0.25) is 14.4 Å². The molecule has 0 aliphatic heterocycles. The number of esters is 1. The van der Waals surface area contributed by atoms with E-state index in [1.807, 2.05) is 25.9 Å². The highest BCUT2D eigenvalue weighted by Crippen LogP contribution is 2.19. The maximum atomic E-state index is 12.1. The molecule has 0 saturated heterocycles. The first kappa shape index (κ1) is 20.7. The highest BCUT2D eigenvalue weighted by atomic mass is 32.2. The van der Waals surface area contributed by atoms with Crippen LogP contribution in [0.4, 0.5) is 0 Å². The Kier molecular flexibility index (Phi) is 11.5. The number of allylic oxidation sites excluding steroid dienone is 1. The van der Waals surface area contributed by atoms with Gasteiger partial charge in [-0.1, -0.05) is 6.92 Å². The van der Waals surface area contributed by atoms with Crippen LogP contribution in [0.25, 0.3) is 0 Å². The van der Waals surface area contributed by atoms with Crippen LogP contribution in [0.2, 0.25) is 0 Å². The Morgan fingerprint density at radius 1 is 1.18 bits per heavy atom. The maximum Gasteiger partial charge on any atom is 0.306 e. The van der Waals surface area contributed by atoms with Crippen LogP contribution >= 0.6 is 11.8 Å². The van der Waals surface area contributed by atoms with Gasteiger partial charge in [0.2, 0.25) is 0 Å². The number of hydrogen-bond acceptors (Lipinski definition) is 6. The van der Waals surface area contributed by atoms with E-state index < -0.39 is 0 Å². The third kappa shape index (κ3) is 9.57. The largest absolute Gasteiger partial charge is 0.464 e. The number of amides is 1. The fourth-order valence-electron chi connectivity index (χ4n) is 1.53. The highest BCUT2D eigenvalue weighted by Gasteiger charge is 2.15. The number of aldehydes is 1. The van der Waals surface area contributed by atoms with Crippen LogP contribution in [0.15, 0.2) is 11.0 Å². The number of rotatable bonds is 11. The van der Waals surface area contributed by atoms with Gasteiger partial charge in [0.15, 0.2) is 0 Å². The molecule has 22 heavy (non-hydrogen) atoms. The van der Waals surface area contributed by atoms with Crippen LogP contribution in [-0.2, 0) is 19.1 Å². The summed E-state index contributed by atoms with van der Waals surface area (Å²) in [5.74, 6) is -0.0827. The predicted octanol–water partition coefficient (Wildman–Crippen LogP) is 1.17. The number of hydrogen-bond donors (Lipinski definition) is 0. The summed E-state index contributed by atoms with van der Waals surface area (Å²) in [5, 5.41) is 0. The lowest BCUT2D eigenvalue weighted by Crippen LogP contribution is -2.28. The Hall–Kier alpha value is -1.34. The van der Waals surface area contributed by atoms with Gasteiger partial charge >= 0.3 is 5.97 Å². The molecule has 0 bridgehead atoms. The normalized spacial score (nSPS) is 11.4. The number of likely N-dealkylation sites (N-methyl/N-ethyl adjacent to an activating group) is 2. The minimum atomic E-state index is -0.297. The lowest BCUT2D eigenvalue weighted by molar-refractivity contribution is -0.143. The van der Waals surface area contributed by atoms with Crippen LogP contribution in [0.3, 0.4) is 0 Å². The van der Waals surface area contributed by atoms with Crippen molar-refractivity contribution in [1.29, 1.82) is 0 Å². The van der Waals surface area contributed by atoms with Gasteiger partial charge in [0, 0.05) is 25.9 Å². The standard InChI is InChI=1S/C15H26N2O4S/c1-5-8-17(4)15(20)13(6-10-18)22-12-7-14(19)21-11-9-16(2)3/h6,10H,5,7-9,11-12H2,1-4H3/b13-6+. The van der Waals surface area contributed by atoms with Gasteiger partial charge in [0.25, 0.3) is 5.91 Å². The third-order valence-electron chi connectivity index (χ3n) is 2.70. The summed E-state index contributed by atoms with van der Waals surface area (Å²) in [6, 6.07) is 0. The zero-order valence-corrected chi connectivity index (χ0v) is 14.6. The maximum absolute atomic E-state index is 12.1. The molecule has 0 aliphatic rings. The second kappa shape index (κ2) is 12.2. The Labute approximate surface area is 136 Å². The molecular formula is C15H26N2O4S. The lowest BCUT2D eigenvalue weighted by atomic mass is 10.4. The summed E-state index contributed by atoms with van der Waals surface area (Å²) in [4.78, 5) is 38.1. The van der Waals surface area contributed by atoms with Gasteiger partial charge in [-0.15, -0.1) is 11.8 Å². The smallest absolute Gasteiger partial charge is 0.306 e. The summed E-state index contributed by atoms with van der Waals surface area (Å²) in [5.41, 5.74) is 0. The van der Waals surface area contributed by atoms with Crippen molar-refractivity contribution >= 4 is 29.9 Å². The molecule has 1 amide bonds. The second-order valence-electron chi connectivity index (χ2n) is 5.02. The third-order valence-corrected chi connectivity index (χ3v) is 3.73. The molecule has 0 aromatic carbocycles. The minimum Gasteiger partial charge on any atom is -0.464 e. The zero-order valence-electron chi connectivity index (χ0n) is 13.8. The van der Waals surface area contributed by atoms with E-state index in [2.05, 4.69) is 0 Å². The Bertz CT molecular complexity index is 397. The van der Waals surface area contributed by atoms with E-state index in [9.17, 15) is 14.4 Å². The molecule has 7 heteroatoms. The van der Waals surface area contributed by atoms with Gasteiger partial charge in [0.05, 0.1) is 11.3 Å². The minimum absolute atomic E-state index is 0.195. The number of carbonyl (C=O) groups is 3. The molecule has 126 valence electrons. The quantitative estimate of drug-likeness (QED) is 0.322. The monoisotopic (exact) mass is 330 g/mol. The molecular weight excluding hydrogens is 304 g/mol. The van der Waals surface area contributed by atoms with E-state index in [4.69, 9.17) is 4.74 Å². The second-order valence-corrected chi connectivity index (χ2v) is 6.15. The molecule has 0 aliphatic carbocycles. The van der Waals surface area contributed by atoms with Crippen molar-refractivity contribution in [3.8, 4) is 0 Å². The summed E-state index contributed by atoms with van der Waals surface area (Å²) >= 11 is 1.20. The van der Waals surface area contributed by atoms with Gasteiger partial charge in [-0.2, -0.15) is 0 Å². The van der Waals surface area contributed by atoms with Crippen LogP contribution in [0.5, 0.6) is 0 Å². The first-order valence-corrected chi connectivity index (χ1v) is 8.25. The van der Waals surface area contributed by atoms with Gasteiger partial charge in [-0.05, 0) is 26.6 Å². The molecule has 0 heterocycles. The molecule has 0 N–H and O–H groups in total. The van der Waals surface area contributed by atoms with Crippen molar-refractivity contribution < 1.29 is 19.1 Å². The van der Waals surface area contributed by atoms with E-state index >= 15 is 0 Å². The molecule has 0 aromatic rings.